The molecule has 1 N–H and O–H groups in total. The molecule has 0 spiro atoms. The van der Waals surface area contributed by atoms with Crippen LogP contribution in [-0.4, -0.2) is 25.0 Å². The van der Waals surface area contributed by atoms with Gasteiger partial charge in [-0.3, -0.25) is 4.79 Å². The zero-order chi connectivity index (χ0) is 14.7. The number of halogens is 1. The Labute approximate surface area is 117 Å². The Morgan fingerprint density at radius 1 is 1.25 bits per heavy atom. The number of aromatic nitrogens is 1. The highest BCUT2D eigenvalue weighted by molar-refractivity contribution is 6.04. The highest BCUT2D eigenvalue weighted by Crippen LogP contribution is 2.19. The van der Waals surface area contributed by atoms with Crippen molar-refractivity contribution in [1.82, 2.24) is 4.98 Å². The molecule has 20 heavy (non-hydrogen) atoms. The summed E-state index contributed by atoms with van der Waals surface area (Å²) < 4.78 is 12.7. The van der Waals surface area contributed by atoms with Gasteiger partial charge in [-0.1, -0.05) is 0 Å². The fourth-order valence-electron chi connectivity index (χ4n) is 1.94. The number of aryl methyl sites for hydroxylation is 1. The van der Waals surface area contributed by atoms with Crippen LogP contribution in [0, 0.1) is 12.7 Å². The molecule has 1 heterocycles. The van der Waals surface area contributed by atoms with Crippen molar-refractivity contribution in [3.8, 4) is 0 Å². The number of benzene rings is 1. The van der Waals surface area contributed by atoms with Crippen molar-refractivity contribution in [2.45, 2.75) is 6.92 Å². The lowest BCUT2D eigenvalue weighted by Crippen LogP contribution is -2.15. The average Bonchev–Trinajstić information content (AvgIpc) is 2.40. The molecule has 0 fully saturated rings. The van der Waals surface area contributed by atoms with Crippen LogP contribution in [0.15, 0.2) is 36.5 Å². The molecule has 0 atom stereocenters. The van der Waals surface area contributed by atoms with E-state index in [1.54, 1.807) is 6.07 Å². The van der Waals surface area contributed by atoms with E-state index < -0.39 is 5.82 Å². The molecule has 0 unspecified atom stereocenters. The molecule has 2 aromatic rings. The number of hydrogen-bond acceptors (Lipinski definition) is 3. The molecule has 0 saturated heterocycles. The molecular formula is C15H16FN3O. The van der Waals surface area contributed by atoms with E-state index in [4.69, 9.17) is 0 Å². The van der Waals surface area contributed by atoms with Crippen LogP contribution < -0.4 is 10.2 Å². The number of pyridine rings is 1. The molecule has 5 heteroatoms. The van der Waals surface area contributed by atoms with E-state index in [2.05, 4.69) is 10.3 Å². The van der Waals surface area contributed by atoms with Crippen LogP contribution in [0.1, 0.15) is 15.9 Å². The predicted molar refractivity (Wildman–Crippen MR) is 77.7 cm³/mol. The van der Waals surface area contributed by atoms with Crippen LogP contribution in [0.25, 0.3) is 0 Å². The Hall–Kier alpha value is -2.43. The van der Waals surface area contributed by atoms with Crippen molar-refractivity contribution < 1.29 is 9.18 Å². The van der Waals surface area contributed by atoms with Crippen molar-refractivity contribution in [1.29, 1.82) is 0 Å². The highest BCUT2D eigenvalue weighted by atomic mass is 19.1. The monoisotopic (exact) mass is 273 g/mol. The maximum absolute atomic E-state index is 12.7. The molecule has 1 aromatic heterocycles. The Morgan fingerprint density at radius 2 is 2.00 bits per heavy atom. The number of amides is 1. The first-order chi connectivity index (χ1) is 9.47. The normalized spacial score (nSPS) is 10.2. The number of hydrogen-bond donors (Lipinski definition) is 1. The minimum Gasteiger partial charge on any atom is -0.377 e. The third-order valence-corrected chi connectivity index (χ3v) is 2.91. The Balaban J connectivity index is 2.17. The van der Waals surface area contributed by atoms with E-state index in [1.165, 1.54) is 12.1 Å². The number of nitrogens with one attached hydrogen (secondary N) is 1. The van der Waals surface area contributed by atoms with Gasteiger partial charge in [0, 0.05) is 25.3 Å². The molecule has 0 aliphatic rings. The summed E-state index contributed by atoms with van der Waals surface area (Å²) in [6, 6.07) is 8.13. The maximum Gasteiger partial charge on any atom is 0.256 e. The maximum atomic E-state index is 12.7. The smallest absolute Gasteiger partial charge is 0.256 e. The lowest BCUT2D eigenvalue weighted by molar-refractivity contribution is 0.102. The zero-order valence-electron chi connectivity index (χ0n) is 11.6. The number of nitrogens with zero attached hydrogens (tertiary/aromatic N) is 2. The van der Waals surface area contributed by atoms with E-state index >= 15 is 0 Å². The van der Waals surface area contributed by atoms with Gasteiger partial charge < -0.3 is 10.2 Å². The van der Waals surface area contributed by atoms with E-state index in [1.807, 2.05) is 38.1 Å². The molecule has 0 bridgehead atoms. The zero-order valence-corrected chi connectivity index (χ0v) is 11.6. The quantitative estimate of drug-likeness (QED) is 0.935. The van der Waals surface area contributed by atoms with Gasteiger partial charge in [0.25, 0.3) is 5.91 Å². The van der Waals surface area contributed by atoms with Crippen LogP contribution in [-0.2, 0) is 0 Å². The van der Waals surface area contributed by atoms with Gasteiger partial charge >= 0.3 is 0 Å². The Morgan fingerprint density at radius 3 is 2.55 bits per heavy atom. The first kappa shape index (κ1) is 14.0. The minimum atomic E-state index is -0.436. The van der Waals surface area contributed by atoms with Gasteiger partial charge in [0.2, 0.25) is 0 Å². The fraction of sp³-hybridized carbons (Fsp3) is 0.200. The standard InChI is InChI=1S/C15H16FN3O/c1-10-8-11(4-6-13(10)19(2)3)15(20)18-14-7-5-12(16)9-17-14/h4-9H,1-3H3,(H,17,18,20). The average molecular weight is 273 g/mol. The Bertz CT molecular complexity index is 624. The van der Waals surface area contributed by atoms with Crippen LogP contribution in [0.5, 0.6) is 0 Å². The van der Waals surface area contributed by atoms with Crippen molar-refractivity contribution >= 4 is 17.4 Å². The highest BCUT2D eigenvalue weighted by Gasteiger charge is 2.09. The van der Waals surface area contributed by atoms with Crippen LogP contribution in [0.3, 0.4) is 0 Å². The summed E-state index contributed by atoms with van der Waals surface area (Å²) in [4.78, 5) is 17.9. The van der Waals surface area contributed by atoms with E-state index in [0.29, 0.717) is 11.4 Å². The largest absolute Gasteiger partial charge is 0.377 e. The summed E-state index contributed by atoms with van der Waals surface area (Å²) in [5.74, 6) is -0.377. The summed E-state index contributed by atoms with van der Waals surface area (Å²) in [6.07, 6.45) is 1.07. The number of anilines is 2. The predicted octanol–water partition coefficient (Wildman–Crippen LogP) is 2.85. The second kappa shape index (κ2) is 5.69. The lowest BCUT2D eigenvalue weighted by Gasteiger charge is -2.16. The van der Waals surface area contributed by atoms with Crippen LogP contribution in [0.4, 0.5) is 15.9 Å². The van der Waals surface area contributed by atoms with Gasteiger partial charge in [-0.15, -0.1) is 0 Å². The summed E-state index contributed by atoms with van der Waals surface area (Å²) in [5, 5.41) is 2.63. The van der Waals surface area contributed by atoms with Crippen molar-refractivity contribution in [2.75, 3.05) is 24.3 Å². The minimum absolute atomic E-state index is 0.266. The summed E-state index contributed by atoms with van der Waals surface area (Å²) in [6.45, 7) is 1.95. The van der Waals surface area contributed by atoms with Gasteiger partial charge in [-0.2, -0.15) is 0 Å². The summed E-state index contributed by atoms with van der Waals surface area (Å²) >= 11 is 0. The van der Waals surface area contributed by atoms with Crippen molar-refractivity contribution in [2.24, 2.45) is 0 Å². The molecule has 2 rings (SSSR count). The second-order valence-electron chi connectivity index (χ2n) is 4.71. The molecular weight excluding hydrogens is 257 g/mol. The SMILES string of the molecule is Cc1cc(C(=O)Nc2ccc(F)cn2)ccc1N(C)C. The number of rotatable bonds is 3. The molecule has 0 saturated carbocycles. The number of carbonyl (C=O) groups excluding carboxylic acids is 1. The first-order valence-corrected chi connectivity index (χ1v) is 6.18. The lowest BCUT2D eigenvalue weighted by atomic mass is 10.1. The van der Waals surface area contributed by atoms with E-state index in [9.17, 15) is 9.18 Å². The molecule has 0 radical (unpaired) electrons. The first-order valence-electron chi connectivity index (χ1n) is 6.18. The third kappa shape index (κ3) is 3.12. The van der Waals surface area contributed by atoms with E-state index in [-0.39, 0.29) is 5.91 Å². The Kier molecular flexibility index (Phi) is 3.98. The third-order valence-electron chi connectivity index (χ3n) is 2.91. The van der Waals surface area contributed by atoms with Crippen molar-refractivity contribution in [3.63, 3.8) is 0 Å². The van der Waals surface area contributed by atoms with Gasteiger partial charge in [-0.05, 0) is 42.8 Å². The molecule has 1 amide bonds. The van der Waals surface area contributed by atoms with Crippen molar-refractivity contribution in [3.05, 3.63) is 53.5 Å². The summed E-state index contributed by atoms with van der Waals surface area (Å²) in [7, 11) is 3.90. The van der Waals surface area contributed by atoms with Crippen LogP contribution >= 0.6 is 0 Å². The summed E-state index contributed by atoms with van der Waals surface area (Å²) in [5.41, 5.74) is 2.61. The topological polar surface area (TPSA) is 45.2 Å². The van der Waals surface area contributed by atoms with Gasteiger partial charge in [-0.25, -0.2) is 9.37 Å². The fourth-order valence-corrected chi connectivity index (χ4v) is 1.94. The van der Waals surface area contributed by atoms with Gasteiger partial charge in [0.05, 0.1) is 6.20 Å². The van der Waals surface area contributed by atoms with Crippen LogP contribution in [0.2, 0.25) is 0 Å². The molecule has 0 aliphatic heterocycles. The number of carbonyl (C=O) groups is 1. The molecule has 1 aromatic carbocycles. The van der Waals surface area contributed by atoms with Gasteiger partial charge in [0.1, 0.15) is 11.6 Å². The van der Waals surface area contributed by atoms with E-state index in [0.717, 1.165) is 17.4 Å². The van der Waals surface area contributed by atoms with Gasteiger partial charge in [0.15, 0.2) is 0 Å². The molecule has 0 aliphatic carbocycles. The second-order valence-corrected chi connectivity index (χ2v) is 4.71. The molecule has 4 nitrogen and oxygen atoms in total. The molecule has 104 valence electrons.